The number of anilines is 1. The minimum absolute atomic E-state index is 1.04. The molecule has 0 radical (unpaired) electrons. The van der Waals surface area contributed by atoms with Crippen LogP contribution < -0.4 is 10.1 Å². The Labute approximate surface area is 146 Å². The average molecular weight is 339 g/mol. The lowest BCUT2D eigenvalue weighted by Gasteiger charge is -2.34. The van der Waals surface area contributed by atoms with E-state index in [2.05, 4.69) is 86.9 Å². The molecule has 2 aliphatic rings. The zero-order chi connectivity index (χ0) is 17.5. The molecule has 1 aliphatic heterocycles. The molecule has 0 aromatic heterocycles. The van der Waals surface area contributed by atoms with Crippen LogP contribution >= 0.6 is 0 Å². The topological polar surface area (TPSA) is 18.6 Å². The molecule has 24 heavy (non-hydrogen) atoms. The number of allylic oxidation sites excluding steroid dienone is 4. The third-order valence-electron chi connectivity index (χ3n) is 5.19. The average Bonchev–Trinajstić information content (AvgIpc) is 2.56. The maximum atomic E-state index is 4.95. The summed E-state index contributed by atoms with van der Waals surface area (Å²) in [7, 11) is 2.44. The summed E-state index contributed by atoms with van der Waals surface area (Å²) in [5.41, 5.74) is 4.89. The van der Waals surface area contributed by atoms with Crippen LogP contribution in [0.5, 0.6) is 0 Å². The van der Waals surface area contributed by atoms with Gasteiger partial charge in [0.05, 0.1) is 11.4 Å². The highest BCUT2D eigenvalue weighted by Gasteiger charge is 2.38. The Kier molecular flexibility index (Phi) is 4.34. The molecular formula is C20H28N3Si+. The first kappa shape index (κ1) is 16.9. The van der Waals surface area contributed by atoms with E-state index in [1.54, 1.807) is 0 Å². The zero-order valence-electron chi connectivity index (χ0n) is 15.7. The third-order valence-corrected chi connectivity index (χ3v) is 8.69. The fourth-order valence-electron chi connectivity index (χ4n) is 3.58. The molecule has 0 amide bonds. The summed E-state index contributed by atoms with van der Waals surface area (Å²) in [6.07, 6.45) is 6.70. The minimum atomic E-state index is -1.76. The summed E-state index contributed by atoms with van der Waals surface area (Å²) in [5, 5.41) is 2.90. The monoisotopic (exact) mass is 338 g/mol. The molecule has 4 heteroatoms. The standard InChI is InChI=1S/C20H28N3Si/c1-7-23(8-2)16-10-12-18-20(14-16)24(5,6)19-13-15(22(3)4)9-11-17(19)21-18/h9-14H,7-8H2,1-6H3/q+1. The van der Waals surface area contributed by atoms with Gasteiger partial charge in [-0.05, 0) is 48.5 Å². The van der Waals surface area contributed by atoms with Crippen molar-refractivity contribution in [3.8, 4) is 0 Å². The highest BCUT2D eigenvalue weighted by atomic mass is 28.3. The lowest BCUT2D eigenvalue weighted by Crippen LogP contribution is -2.49. The molecule has 3 rings (SSSR count). The molecule has 0 spiro atoms. The van der Waals surface area contributed by atoms with Gasteiger partial charge in [-0.1, -0.05) is 13.1 Å². The van der Waals surface area contributed by atoms with Crippen LogP contribution in [0.25, 0.3) is 0 Å². The Morgan fingerprint density at radius 2 is 1.79 bits per heavy atom. The maximum Gasteiger partial charge on any atom is 0.199 e. The first-order valence-corrected chi connectivity index (χ1v) is 11.8. The smallest absolute Gasteiger partial charge is 0.199 e. The van der Waals surface area contributed by atoms with Crippen molar-refractivity contribution in [3.63, 3.8) is 0 Å². The summed E-state index contributed by atoms with van der Waals surface area (Å²) in [6, 6.07) is 6.82. The largest absolute Gasteiger partial charge is 0.372 e. The second kappa shape index (κ2) is 6.17. The van der Waals surface area contributed by atoms with Crippen LogP contribution in [0.2, 0.25) is 13.1 Å². The van der Waals surface area contributed by atoms with Crippen molar-refractivity contribution in [3.05, 3.63) is 41.6 Å². The fourth-order valence-corrected chi connectivity index (χ4v) is 6.45. The Balaban J connectivity index is 2.16. The van der Waals surface area contributed by atoms with Crippen LogP contribution in [0.4, 0.5) is 11.4 Å². The van der Waals surface area contributed by atoms with Crippen molar-refractivity contribution >= 4 is 36.1 Å². The number of fused-ring (bicyclic) bond motifs is 2. The van der Waals surface area contributed by atoms with Crippen molar-refractivity contribution in [2.75, 3.05) is 32.1 Å². The van der Waals surface area contributed by atoms with Gasteiger partial charge in [-0.25, -0.2) is 9.57 Å². The number of nitrogens with zero attached hydrogens (tertiary/aromatic N) is 3. The van der Waals surface area contributed by atoms with E-state index >= 15 is 0 Å². The van der Waals surface area contributed by atoms with Crippen LogP contribution in [0.15, 0.2) is 46.6 Å². The first-order valence-electron chi connectivity index (χ1n) is 8.81. The maximum absolute atomic E-state index is 4.95. The highest BCUT2D eigenvalue weighted by molar-refractivity contribution is 7.01. The van der Waals surface area contributed by atoms with Crippen LogP contribution in [0.3, 0.4) is 0 Å². The molecule has 0 unspecified atom stereocenters. The highest BCUT2D eigenvalue weighted by Crippen LogP contribution is 2.32. The van der Waals surface area contributed by atoms with E-state index in [0.29, 0.717) is 0 Å². The molecular weight excluding hydrogens is 310 g/mol. The minimum Gasteiger partial charge on any atom is -0.372 e. The van der Waals surface area contributed by atoms with Crippen molar-refractivity contribution < 1.29 is 4.58 Å². The van der Waals surface area contributed by atoms with Gasteiger partial charge in [-0.3, -0.25) is 0 Å². The van der Waals surface area contributed by atoms with Gasteiger partial charge in [0.1, 0.15) is 22.2 Å². The fraction of sp³-hybridized carbons (Fsp3) is 0.400. The van der Waals surface area contributed by atoms with Crippen LogP contribution in [-0.4, -0.2) is 51.3 Å². The number of hydrogen-bond donors (Lipinski definition) is 0. The van der Waals surface area contributed by atoms with Gasteiger partial charge >= 0.3 is 0 Å². The van der Waals surface area contributed by atoms with Crippen molar-refractivity contribution in [1.29, 1.82) is 0 Å². The third kappa shape index (κ3) is 2.69. The van der Waals surface area contributed by atoms with Gasteiger partial charge in [0.15, 0.2) is 5.71 Å². The predicted octanol–water partition coefficient (Wildman–Crippen LogP) is 3.28. The summed E-state index contributed by atoms with van der Waals surface area (Å²) in [6.45, 7) is 11.4. The molecule has 0 N–H and O–H groups in total. The van der Waals surface area contributed by atoms with Crippen molar-refractivity contribution in [2.45, 2.75) is 26.9 Å². The van der Waals surface area contributed by atoms with Gasteiger partial charge in [0, 0.05) is 30.9 Å². The second-order valence-corrected chi connectivity index (χ2v) is 11.5. The summed E-state index contributed by atoms with van der Waals surface area (Å²) < 4.78 is 2.17. The SMILES string of the molecule is CCN(CC)c1ccc2c(c1)[Si](C)(C)C1=CC(=[N+](C)C)C=CC1=N2. The van der Waals surface area contributed by atoms with E-state index in [9.17, 15) is 0 Å². The number of benzene rings is 1. The van der Waals surface area contributed by atoms with E-state index in [1.165, 1.54) is 21.8 Å². The second-order valence-electron chi connectivity index (χ2n) is 7.21. The van der Waals surface area contributed by atoms with Crippen molar-refractivity contribution in [1.82, 2.24) is 0 Å². The summed E-state index contributed by atoms with van der Waals surface area (Å²) in [4.78, 5) is 7.37. The summed E-state index contributed by atoms with van der Waals surface area (Å²) in [5.74, 6) is 0. The lowest BCUT2D eigenvalue weighted by atomic mass is 10.1. The number of aliphatic imine (C=N–C) groups is 1. The molecule has 1 aromatic rings. The molecule has 126 valence electrons. The normalized spacial score (nSPS) is 17.7. The molecule has 1 heterocycles. The van der Waals surface area contributed by atoms with E-state index < -0.39 is 8.07 Å². The van der Waals surface area contributed by atoms with Crippen LogP contribution in [0, 0.1) is 0 Å². The quantitative estimate of drug-likeness (QED) is 0.470. The summed E-state index contributed by atoms with van der Waals surface area (Å²) >= 11 is 0. The van der Waals surface area contributed by atoms with E-state index in [4.69, 9.17) is 4.99 Å². The van der Waals surface area contributed by atoms with Gasteiger partial charge in [-0.15, -0.1) is 0 Å². The van der Waals surface area contributed by atoms with Gasteiger partial charge in [0.2, 0.25) is 0 Å². The number of hydrogen-bond acceptors (Lipinski definition) is 2. The Morgan fingerprint density at radius 1 is 1.08 bits per heavy atom. The molecule has 1 aromatic carbocycles. The Bertz CT molecular complexity index is 789. The first-order chi connectivity index (χ1) is 11.4. The van der Waals surface area contributed by atoms with Crippen LogP contribution in [0.1, 0.15) is 13.8 Å². The van der Waals surface area contributed by atoms with Crippen molar-refractivity contribution in [2.24, 2.45) is 4.99 Å². The van der Waals surface area contributed by atoms with E-state index in [1.807, 2.05) is 0 Å². The van der Waals surface area contributed by atoms with Gasteiger partial charge in [-0.2, -0.15) is 0 Å². The Hall–Kier alpha value is -1.94. The Morgan fingerprint density at radius 3 is 2.42 bits per heavy atom. The van der Waals surface area contributed by atoms with Crippen LogP contribution in [-0.2, 0) is 0 Å². The number of rotatable bonds is 3. The van der Waals surface area contributed by atoms with E-state index in [0.717, 1.165) is 24.5 Å². The molecule has 0 saturated heterocycles. The molecule has 3 nitrogen and oxygen atoms in total. The molecule has 1 aliphatic carbocycles. The molecule has 0 bridgehead atoms. The predicted molar refractivity (Wildman–Crippen MR) is 109 cm³/mol. The zero-order valence-corrected chi connectivity index (χ0v) is 16.7. The van der Waals surface area contributed by atoms with E-state index in [-0.39, 0.29) is 0 Å². The molecule has 0 atom stereocenters. The van der Waals surface area contributed by atoms with Gasteiger partial charge in [0.25, 0.3) is 0 Å². The molecule has 0 fully saturated rings. The lowest BCUT2D eigenvalue weighted by molar-refractivity contribution is -0.462. The molecule has 0 saturated carbocycles. The van der Waals surface area contributed by atoms with Gasteiger partial charge < -0.3 is 4.90 Å².